The van der Waals surface area contributed by atoms with E-state index in [1.807, 2.05) is 0 Å². The molecule has 0 atom stereocenters. The van der Waals surface area contributed by atoms with Crippen molar-refractivity contribution in [2.24, 2.45) is 5.41 Å². The van der Waals surface area contributed by atoms with E-state index in [1.165, 1.54) is 0 Å². The van der Waals surface area contributed by atoms with Crippen molar-refractivity contribution in [3.63, 3.8) is 0 Å². The first-order valence-corrected chi connectivity index (χ1v) is 6.92. The van der Waals surface area contributed by atoms with Gasteiger partial charge in [0.15, 0.2) is 0 Å². The lowest BCUT2D eigenvalue weighted by Gasteiger charge is -2.15. The minimum atomic E-state index is -4.81. The van der Waals surface area contributed by atoms with Crippen LogP contribution in [-0.2, 0) is 6.18 Å². The average molecular weight is 303 g/mol. The Morgan fingerprint density at radius 2 is 2.00 bits per heavy atom. The Morgan fingerprint density at radius 1 is 1.33 bits per heavy atom. The normalized spacial score (nSPS) is 16.6. The molecule has 116 valence electrons. The zero-order valence-corrected chi connectivity index (χ0v) is 11.7. The molecule has 1 aromatic carbocycles. The molecule has 0 saturated heterocycles. The summed E-state index contributed by atoms with van der Waals surface area (Å²) in [5, 5.41) is 2.66. The maximum atomic E-state index is 13.2. The van der Waals surface area contributed by atoms with Gasteiger partial charge in [0.2, 0.25) is 0 Å². The van der Waals surface area contributed by atoms with Gasteiger partial charge in [0.1, 0.15) is 5.82 Å². The second kappa shape index (κ2) is 5.66. The van der Waals surface area contributed by atoms with E-state index in [1.54, 1.807) is 0 Å². The van der Waals surface area contributed by atoms with Crippen LogP contribution in [0.25, 0.3) is 0 Å². The Hall–Kier alpha value is -1.59. The van der Waals surface area contributed by atoms with E-state index in [4.69, 9.17) is 0 Å². The maximum absolute atomic E-state index is 13.2. The fourth-order valence-corrected chi connectivity index (χ4v) is 2.48. The summed E-state index contributed by atoms with van der Waals surface area (Å²) in [6.45, 7) is 2.51. The van der Waals surface area contributed by atoms with Gasteiger partial charge in [-0.2, -0.15) is 13.2 Å². The fourth-order valence-electron chi connectivity index (χ4n) is 2.48. The highest BCUT2D eigenvalue weighted by molar-refractivity contribution is 5.94. The Balaban J connectivity index is 2.06. The summed E-state index contributed by atoms with van der Waals surface area (Å²) in [7, 11) is 0. The Labute approximate surface area is 120 Å². The largest absolute Gasteiger partial charge is 0.419 e. The fraction of sp³-hybridized carbons (Fsp3) is 0.533. The van der Waals surface area contributed by atoms with Gasteiger partial charge in [0.05, 0.1) is 5.56 Å². The lowest BCUT2D eigenvalue weighted by atomic mass is 10.0. The van der Waals surface area contributed by atoms with Gasteiger partial charge in [-0.25, -0.2) is 4.39 Å². The number of hydrogen-bond donors (Lipinski definition) is 1. The number of carbonyl (C=O) groups is 1. The predicted octanol–water partition coefficient (Wildman–Crippen LogP) is 4.15. The molecule has 2 rings (SSSR count). The summed E-state index contributed by atoms with van der Waals surface area (Å²) in [6.07, 6.45) is -0.758. The van der Waals surface area contributed by atoms with Crippen molar-refractivity contribution in [3.8, 4) is 0 Å². The van der Waals surface area contributed by atoms with Crippen LogP contribution >= 0.6 is 0 Å². The van der Waals surface area contributed by atoms with Crippen LogP contribution in [0.1, 0.15) is 48.5 Å². The molecule has 0 spiro atoms. The molecule has 2 nitrogen and oxygen atoms in total. The highest BCUT2D eigenvalue weighted by Crippen LogP contribution is 2.48. The van der Waals surface area contributed by atoms with Gasteiger partial charge in [0, 0.05) is 12.1 Å². The highest BCUT2D eigenvalue weighted by Gasteiger charge is 2.41. The minimum absolute atomic E-state index is 0.108. The summed E-state index contributed by atoms with van der Waals surface area (Å²) < 4.78 is 51.0. The average Bonchev–Trinajstić information content (AvgIpc) is 3.16. The zero-order valence-electron chi connectivity index (χ0n) is 11.7. The monoisotopic (exact) mass is 303 g/mol. The van der Waals surface area contributed by atoms with Crippen LogP contribution in [0, 0.1) is 11.2 Å². The maximum Gasteiger partial charge on any atom is 0.419 e. The van der Waals surface area contributed by atoms with E-state index in [0.29, 0.717) is 18.7 Å². The van der Waals surface area contributed by atoms with Crippen molar-refractivity contribution in [1.82, 2.24) is 5.32 Å². The first kappa shape index (κ1) is 15.8. The van der Waals surface area contributed by atoms with Crippen LogP contribution in [0.15, 0.2) is 18.2 Å². The van der Waals surface area contributed by atoms with Gasteiger partial charge >= 0.3 is 6.18 Å². The molecular formula is C15H17F4NO. The third kappa shape index (κ3) is 3.74. The Kier molecular flexibility index (Phi) is 4.25. The number of benzene rings is 1. The van der Waals surface area contributed by atoms with Crippen LogP contribution < -0.4 is 5.32 Å². The predicted molar refractivity (Wildman–Crippen MR) is 70.3 cm³/mol. The van der Waals surface area contributed by atoms with E-state index < -0.39 is 23.5 Å². The molecule has 1 saturated carbocycles. The van der Waals surface area contributed by atoms with Crippen molar-refractivity contribution in [2.45, 2.75) is 38.8 Å². The molecule has 1 fully saturated rings. The van der Waals surface area contributed by atoms with Gasteiger partial charge in [-0.3, -0.25) is 4.79 Å². The van der Waals surface area contributed by atoms with Crippen molar-refractivity contribution >= 4 is 5.91 Å². The number of carbonyl (C=O) groups excluding carboxylic acids is 1. The second-order valence-corrected chi connectivity index (χ2v) is 5.63. The van der Waals surface area contributed by atoms with Gasteiger partial charge < -0.3 is 5.32 Å². The molecule has 0 aliphatic heterocycles. The molecule has 0 aromatic heterocycles. The lowest BCUT2D eigenvalue weighted by Crippen LogP contribution is -2.30. The standard InChI is InChI=1S/C15H17F4NO/c1-2-5-14(6-7-14)9-20-13(21)10-3-4-12(16)11(8-10)15(17,18)19/h3-4,8H,2,5-7,9H2,1H3,(H,20,21). The molecule has 1 amide bonds. The number of rotatable bonds is 5. The van der Waals surface area contributed by atoms with E-state index in [2.05, 4.69) is 12.2 Å². The lowest BCUT2D eigenvalue weighted by molar-refractivity contribution is -0.140. The van der Waals surface area contributed by atoms with Crippen LogP contribution in [-0.4, -0.2) is 12.5 Å². The van der Waals surface area contributed by atoms with Crippen LogP contribution in [0.3, 0.4) is 0 Å². The number of halogens is 4. The van der Waals surface area contributed by atoms with Crippen molar-refractivity contribution in [2.75, 3.05) is 6.54 Å². The molecule has 1 aliphatic carbocycles. The minimum Gasteiger partial charge on any atom is -0.351 e. The Morgan fingerprint density at radius 3 is 2.52 bits per heavy atom. The first-order chi connectivity index (χ1) is 9.77. The zero-order chi connectivity index (χ0) is 15.7. The van der Waals surface area contributed by atoms with Crippen molar-refractivity contribution < 1.29 is 22.4 Å². The van der Waals surface area contributed by atoms with Crippen LogP contribution in [0.2, 0.25) is 0 Å². The molecule has 1 N–H and O–H groups in total. The molecule has 6 heteroatoms. The van der Waals surface area contributed by atoms with Crippen LogP contribution in [0.4, 0.5) is 17.6 Å². The molecule has 0 bridgehead atoms. The SMILES string of the molecule is CCCC1(CNC(=O)c2ccc(F)c(C(F)(F)F)c2)CC1. The smallest absolute Gasteiger partial charge is 0.351 e. The third-order valence-corrected chi connectivity index (χ3v) is 3.90. The summed E-state index contributed by atoms with van der Waals surface area (Å²) in [5.74, 6) is -1.97. The molecular weight excluding hydrogens is 286 g/mol. The first-order valence-electron chi connectivity index (χ1n) is 6.92. The molecule has 0 heterocycles. The summed E-state index contributed by atoms with van der Waals surface area (Å²) >= 11 is 0. The molecule has 1 aromatic rings. The molecule has 1 aliphatic rings. The van der Waals surface area contributed by atoms with E-state index in [9.17, 15) is 22.4 Å². The quantitative estimate of drug-likeness (QED) is 0.813. The van der Waals surface area contributed by atoms with Crippen molar-refractivity contribution in [1.29, 1.82) is 0 Å². The highest BCUT2D eigenvalue weighted by atomic mass is 19.4. The van der Waals surface area contributed by atoms with Gasteiger partial charge in [-0.15, -0.1) is 0 Å². The van der Waals surface area contributed by atoms with E-state index in [0.717, 1.165) is 31.7 Å². The van der Waals surface area contributed by atoms with E-state index in [-0.39, 0.29) is 11.0 Å². The number of amides is 1. The van der Waals surface area contributed by atoms with Crippen molar-refractivity contribution in [3.05, 3.63) is 35.1 Å². The molecule has 0 radical (unpaired) electrons. The number of nitrogens with one attached hydrogen (secondary N) is 1. The topological polar surface area (TPSA) is 29.1 Å². The molecule has 0 unspecified atom stereocenters. The van der Waals surface area contributed by atoms with Crippen LogP contribution in [0.5, 0.6) is 0 Å². The molecule has 21 heavy (non-hydrogen) atoms. The van der Waals surface area contributed by atoms with Gasteiger partial charge in [0.25, 0.3) is 5.91 Å². The summed E-state index contributed by atoms with van der Waals surface area (Å²) in [6, 6.07) is 2.31. The van der Waals surface area contributed by atoms with E-state index >= 15 is 0 Å². The van der Waals surface area contributed by atoms with Gasteiger partial charge in [-0.1, -0.05) is 13.3 Å². The van der Waals surface area contributed by atoms with Gasteiger partial charge in [-0.05, 0) is 42.9 Å². The number of alkyl halides is 3. The summed E-state index contributed by atoms with van der Waals surface area (Å²) in [4.78, 5) is 11.9. The number of hydrogen-bond acceptors (Lipinski definition) is 1. The Bertz CT molecular complexity index is 535. The third-order valence-electron chi connectivity index (χ3n) is 3.90. The summed E-state index contributed by atoms with van der Waals surface area (Å²) in [5.41, 5.74) is -1.47. The second-order valence-electron chi connectivity index (χ2n) is 5.63.